The van der Waals surface area contributed by atoms with Gasteiger partial charge in [-0.1, -0.05) is 42.5 Å². The summed E-state index contributed by atoms with van der Waals surface area (Å²) in [4.78, 5) is 2.26. The number of hydrogen-bond acceptors (Lipinski definition) is 1. The summed E-state index contributed by atoms with van der Waals surface area (Å²) < 4.78 is 0. The van der Waals surface area contributed by atoms with Crippen LogP contribution in [0.25, 0.3) is 11.1 Å². The van der Waals surface area contributed by atoms with Gasteiger partial charge in [0.1, 0.15) is 0 Å². The standard InChI is InChI=1S/C18H21N/c1-19(2)12-6-9-14-8-5-11-17-16-10-4-3-7-15(16)13-18(14)17/h3-5,7-8,10-11H,6,9,12-13H2,1-2H3. The Hall–Kier alpha value is -1.60. The topological polar surface area (TPSA) is 3.24 Å². The molecule has 19 heavy (non-hydrogen) atoms. The molecule has 0 bridgehead atoms. The lowest BCUT2D eigenvalue weighted by molar-refractivity contribution is 0.400. The first-order valence-electron chi connectivity index (χ1n) is 7.09. The van der Waals surface area contributed by atoms with E-state index in [4.69, 9.17) is 0 Å². The van der Waals surface area contributed by atoms with Gasteiger partial charge < -0.3 is 4.90 Å². The molecule has 0 radical (unpaired) electrons. The maximum absolute atomic E-state index is 2.31. The molecule has 98 valence electrons. The van der Waals surface area contributed by atoms with Gasteiger partial charge in [0.05, 0.1) is 0 Å². The SMILES string of the molecule is CN(C)CCCc1cccc2c1Cc1ccccc1-2. The first kappa shape index (κ1) is 12.4. The number of aryl methyl sites for hydroxylation is 1. The Morgan fingerprint density at radius 1 is 0.947 bits per heavy atom. The third-order valence-corrected chi connectivity index (χ3v) is 4.00. The molecule has 1 heteroatoms. The second-order valence-electron chi connectivity index (χ2n) is 5.68. The smallest absolute Gasteiger partial charge is 0.00107 e. The van der Waals surface area contributed by atoms with E-state index in [-0.39, 0.29) is 0 Å². The number of fused-ring (bicyclic) bond motifs is 3. The summed E-state index contributed by atoms with van der Waals surface area (Å²) in [5, 5.41) is 0. The predicted octanol–water partition coefficient (Wildman–Crippen LogP) is 3.75. The fourth-order valence-corrected chi connectivity index (χ4v) is 3.04. The van der Waals surface area contributed by atoms with Crippen LogP contribution >= 0.6 is 0 Å². The van der Waals surface area contributed by atoms with E-state index < -0.39 is 0 Å². The van der Waals surface area contributed by atoms with Gasteiger partial charge in [-0.3, -0.25) is 0 Å². The summed E-state index contributed by atoms with van der Waals surface area (Å²) in [5.41, 5.74) is 7.47. The van der Waals surface area contributed by atoms with E-state index in [0.29, 0.717) is 0 Å². The molecule has 1 aliphatic carbocycles. The first-order chi connectivity index (χ1) is 9.25. The third-order valence-electron chi connectivity index (χ3n) is 4.00. The quantitative estimate of drug-likeness (QED) is 0.682. The molecule has 0 aliphatic heterocycles. The average Bonchev–Trinajstić information content (AvgIpc) is 2.78. The molecule has 2 aromatic carbocycles. The van der Waals surface area contributed by atoms with Crippen LogP contribution in [0.5, 0.6) is 0 Å². The Kier molecular flexibility index (Phi) is 3.39. The molecule has 0 unspecified atom stereocenters. The Labute approximate surface area is 115 Å². The van der Waals surface area contributed by atoms with Crippen molar-refractivity contribution in [2.24, 2.45) is 0 Å². The molecular weight excluding hydrogens is 230 g/mol. The average molecular weight is 251 g/mol. The fourth-order valence-electron chi connectivity index (χ4n) is 3.04. The molecule has 0 aromatic heterocycles. The fraction of sp³-hybridized carbons (Fsp3) is 0.333. The van der Waals surface area contributed by atoms with Gasteiger partial charge in [0.25, 0.3) is 0 Å². The molecular formula is C18H21N. The van der Waals surface area contributed by atoms with Gasteiger partial charge >= 0.3 is 0 Å². The summed E-state index contributed by atoms with van der Waals surface area (Å²) in [6, 6.07) is 15.6. The van der Waals surface area contributed by atoms with Crippen LogP contribution in [0, 0.1) is 0 Å². The van der Waals surface area contributed by atoms with Crippen molar-refractivity contribution in [1.82, 2.24) is 4.90 Å². The number of benzene rings is 2. The van der Waals surface area contributed by atoms with E-state index in [1.54, 1.807) is 5.56 Å². The number of hydrogen-bond donors (Lipinski definition) is 0. The van der Waals surface area contributed by atoms with Crippen molar-refractivity contribution < 1.29 is 0 Å². The Bertz CT molecular complexity index is 584. The van der Waals surface area contributed by atoms with Crippen molar-refractivity contribution in [2.45, 2.75) is 19.3 Å². The lowest BCUT2D eigenvalue weighted by atomic mass is 9.98. The van der Waals surface area contributed by atoms with Crippen LogP contribution < -0.4 is 0 Å². The molecule has 0 amide bonds. The van der Waals surface area contributed by atoms with Crippen molar-refractivity contribution in [3.8, 4) is 11.1 Å². The van der Waals surface area contributed by atoms with Crippen LogP contribution in [0.15, 0.2) is 42.5 Å². The van der Waals surface area contributed by atoms with Gasteiger partial charge in [-0.25, -0.2) is 0 Å². The minimum absolute atomic E-state index is 1.11. The molecule has 1 nitrogen and oxygen atoms in total. The highest BCUT2D eigenvalue weighted by molar-refractivity contribution is 5.77. The Morgan fingerprint density at radius 3 is 2.58 bits per heavy atom. The van der Waals surface area contributed by atoms with Gasteiger partial charge in [0.15, 0.2) is 0 Å². The zero-order valence-corrected chi connectivity index (χ0v) is 11.8. The zero-order valence-electron chi connectivity index (χ0n) is 11.8. The van der Waals surface area contributed by atoms with E-state index in [2.05, 4.69) is 61.5 Å². The highest BCUT2D eigenvalue weighted by Crippen LogP contribution is 2.38. The molecule has 0 atom stereocenters. The lowest BCUT2D eigenvalue weighted by Crippen LogP contribution is -2.13. The second kappa shape index (κ2) is 5.18. The number of rotatable bonds is 4. The minimum Gasteiger partial charge on any atom is -0.309 e. The zero-order chi connectivity index (χ0) is 13.2. The lowest BCUT2D eigenvalue weighted by Gasteiger charge is -2.11. The van der Waals surface area contributed by atoms with Crippen LogP contribution in [0.1, 0.15) is 23.1 Å². The van der Waals surface area contributed by atoms with Gasteiger partial charge in [-0.2, -0.15) is 0 Å². The molecule has 0 saturated heterocycles. The molecule has 0 spiro atoms. The van der Waals surface area contributed by atoms with Crippen LogP contribution in [-0.2, 0) is 12.8 Å². The summed E-state index contributed by atoms with van der Waals surface area (Å²) >= 11 is 0. The first-order valence-corrected chi connectivity index (χ1v) is 7.09. The highest BCUT2D eigenvalue weighted by atomic mass is 15.0. The van der Waals surface area contributed by atoms with Crippen molar-refractivity contribution in [3.05, 3.63) is 59.2 Å². The summed E-state index contributed by atoms with van der Waals surface area (Å²) in [6.07, 6.45) is 3.54. The molecule has 1 aliphatic rings. The molecule has 0 N–H and O–H groups in total. The molecule has 0 heterocycles. The summed E-state index contributed by atoms with van der Waals surface area (Å²) in [7, 11) is 4.29. The third kappa shape index (κ3) is 2.43. The molecule has 0 saturated carbocycles. The van der Waals surface area contributed by atoms with E-state index in [9.17, 15) is 0 Å². The number of nitrogens with zero attached hydrogens (tertiary/aromatic N) is 1. The van der Waals surface area contributed by atoms with Gasteiger partial charge in [0.2, 0.25) is 0 Å². The van der Waals surface area contributed by atoms with Gasteiger partial charge in [-0.15, -0.1) is 0 Å². The largest absolute Gasteiger partial charge is 0.309 e. The highest BCUT2D eigenvalue weighted by Gasteiger charge is 2.19. The van der Waals surface area contributed by atoms with Crippen molar-refractivity contribution in [3.63, 3.8) is 0 Å². The molecule has 2 aromatic rings. The van der Waals surface area contributed by atoms with E-state index in [1.807, 2.05) is 0 Å². The van der Waals surface area contributed by atoms with Crippen molar-refractivity contribution >= 4 is 0 Å². The van der Waals surface area contributed by atoms with E-state index >= 15 is 0 Å². The summed E-state index contributed by atoms with van der Waals surface area (Å²) in [5.74, 6) is 0. The summed E-state index contributed by atoms with van der Waals surface area (Å²) in [6.45, 7) is 1.16. The molecule has 0 fully saturated rings. The molecule has 3 rings (SSSR count). The van der Waals surface area contributed by atoms with Crippen LogP contribution in [0.3, 0.4) is 0 Å². The van der Waals surface area contributed by atoms with Crippen LogP contribution in [0.2, 0.25) is 0 Å². The van der Waals surface area contributed by atoms with Crippen molar-refractivity contribution in [1.29, 1.82) is 0 Å². The monoisotopic (exact) mass is 251 g/mol. The second-order valence-corrected chi connectivity index (χ2v) is 5.68. The Morgan fingerprint density at radius 2 is 1.74 bits per heavy atom. The van der Waals surface area contributed by atoms with Crippen LogP contribution in [-0.4, -0.2) is 25.5 Å². The van der Waals surface area contributed by atoms with Crippen LogP contribution in [0.4, 0.5) is 0 Å². The van der Waals surface area contributed by atoms with E-state index in [0.717, 1.165) is 13.0 Å². The predicted molar refractivity (Wildman–Crippen MR) is 81.6 cm³/mol. The maximum atomic E-state index is 2.31. The minimum atomic E-state index is 1.11. The maximum Gasteiger partial charge on any atom is -0.00107 e. The van der Waals surface area contributed by atoms with Gasteiger partial charge in [-0.05, 0) is 67.7 Å². The Balaban J connectivity index is 1.86. The van der Waals surface area contributed by atoms with Crippen molar-refractivity contribution in [2.75, 3.05) is 20.6 Å². The van der Waals surface area contributed by atoms with E-state index in [1.165, 1.54) is 35.1 Å². The van der Waals surface area contributed by atoms with Gasteiger partial charge in [0, 0.05) is 0 Å². The normalized spacial score (nSPS) is 12.6.